The number of hydrogen-bond acceptors (Lipinski definition) is 0. The topological polar surface area (TPSA) is 0 Å². The van der Waals surface area contributed by atoms with E-state index in [9.17, 15) is 0 Å². The van der Waals surface area contributed by atoms with Gasteiger partial charge in [0.05, 0.1) is 14.1 Å². The quantitative estimate of drug-likeness (QED) is 0.281. The second-order valence-electron chi connectivity index (χ2n) is 9.75. The highest BCUT2D eigenvalue weighted by atomic mass is 127. The van der Waals surface area contributed by atoms with E-state index in [0.29, 0.717) is 5.41 Å². The van der Waals surface area contributed by atoms with Gasteiger partial charge in [0.25, 0.3) is 0 Å². The minimum absolute atomic E-state index is 0. The van der Waals surface area contributed by atoms with Gasteiger partial charge in [0.15, 0.2) is 0 Å². The van der Waals surface area contributed by atoms with Gasteiger partial charge in [-0.15, -0.1) is 0 Å². The molecule has 1 nitrogen and oxygen atoms in total. The molecule has 0 aromatic heterocycles. The Morgan fingerprint density at radius 1 is 1.00 bits per heavy atom. The number of hydrogen-bond donors (Lipinski definition) is 0. The van der Waals surface area contributed by atoms with Gasteiger partial charge in [-0.3, -0.25) is 0 Å². The molecule has 150 valence electrons. The third-order valence-corrected chi connectivity index (χ3v) is 7.88. The molecule has 0 heterocycles. The number of benzene rings is 2. The second-order valence-corrected chi connectivity index (χ2v) is 10.9. The molecule has 0 N–H and O–H groups in total. The molecule has 3 heteroatoms. The molecule has 2 atom stereocenters. The molecular weight excluding hydrogens is 568 g/mol. The summed E-state index contributed by atoms with van der Waals surface area (Å²) in [6.07, 6.45) is 5.27. The van der Waals surface area contributed by atoms with Crippen molar-refractivity contribution < 1.29 is 28.5 Å². The van der Waals surface area contributed by atoms with Crippen LogP contribution >= 0.6 is 22.6 Å². The van der Waals surface area contributed by atoms with Crippen LogP contribution in [0.4, 0.5) is 0 Å². The number of halogens is 2. The molecule has 0 amide bonds. The van der Waals surface area contributed by atoms with Gasteiger partial charge in [-0.1, -0.05) is 62.4 Å². The van der Waals surface area contributed by atoms with E-state index in [0.717, 1.165) is 22.9 Å². The molecule has 0 saturated heterocycles. The van der Waals surface area contributed by atoms with Crippen LogP contribution in [0.25, 0.3) is 11.1 Å². The van der Waals surface area contributed by atoms with E-state index >= 15 is 0 Å². The summed E-state index contributed by atoms with van der Waals surface area (Å²) < 4.78 is 2.34. The highest BCUT2D eigenvalue weighted by molar-refractivity contribution is 14.1. The second kappa shape index (κ2) is 8.38. The molecular formula is C25H31I2N. The Hall–Kier alpha value is -0.400. The fourth-order valence-electron chi connectivity index (χ4n) is 5.19. The van der Waals surface area contributed by atoms with E-state index in [2.05, 4.69) is 105 Å². The van der Waals surface area contributed by atoms with E-state index in [4.69, 9.17) is 0 Å². The Labute approximate surface area is 201 Å². The van der Waals surface area contributed by atoms with Crippen LogP contribution in [0.5, 0.6) is 0 Å². The van der Waals surface area contributed by atoms with Crippen LogP contribution in [0, 0.1) is 20.8 Å². The first-order valence-corrected chi connectivity index (χ1v) is 11.2. The van der Waals surface area contributed by atoms with E-state index in [1.807, 2.05) is 0 Å². The van der Waals surface area contributed by atoms with Crippen molar-refractivity contribution in [1.82, 2.24) is 0 Å². The Morgan fingerprint density at radius 3 is 2.29 bits per heavy atom. The lowest BCUT2D eigenvalue weighted by Crippen LogP contribution is -3.00. The van der Waals surface area contributed by atoms with Crippen LogP contribution in [-0.4, -0.2) is 25.1 Å². The molecule has 0 radical (unpaired) electrons. The summed E-state index contributed by atoms with van der Waals surface area (Å²) in [7, 11) is 4.76. The normalized spacial score (nSPS) is 22.7. The zero-order valence-corrected chi connectivity index (χ0v) is 21.7. The zero-order valence-electron chi connectivity index (χ0n) is 17.4. The predicted molar refractivity (Wildman–Crippen MR) is 123 cm³/mol. The maximum Gasteiger partial charge on any atom is 0.104 e. The van der Waals surface area contributed by atoms with Crippen molar-refractivity contribution >= 4 is 22.6 Å². The van der Waals surface area contributed by atoms with Crippen LogP contribution in [-0.2, 0) is 6.54 Å². The van der Waals surface area contributed by atoms with Gasteiger partial charge in [-0.2, -0.15) is 0 Å². The summed E-state index contributed by atoms with van der Waals surface area (Å²) in [5, 5.41) is 0. The van der Waals surface area contributed by atoms with Crippen molar-refractivity contribution in [3.8, 4) is 11.1 Å². The number of nitrogens with zero attached hydrogens (tertiary/aromatic N) is 1. The zero-order chi connectivity index (χ0) is 19.2. The summed E-state index contributed by atoms with van der Waals surface area (Å²) in [5.41, 5.74) is 6.30. The molecule has 5 rings (SSSR count). The van der Waals surface area contributed by atoms with Gasteiger partial charge in [0.1, 0.15) is 13.1 Å². The third-order valence-electron chi connectivity index (χ3n) is 6.94. The smallest absolute Gasteiger partial charge is 0.104 e. The van der Waals surface area contributed by atoms with E-state index in [1.54, 1.807) is 5.57 Å². The molecule has 1 saturated carbocycles. The van der Waals surface area contributed by atoms with E-state index < -0.39 is 0 Å². The maximum atomic E-state index is 2.56. The van der Waals surface area contributed by atoms with Crippen molar-refractivity contribution in [3.63, 3.8) is 0 Å². The fraction of sp³-hybridized carbons (Fsp3) is 0.440. The van der Waals surface area contributed by atoms with E-state index in [-0.39, 0.29) is 24.0 Å². The Kier molecular flexibility index (Phi) is 6.67. The van der Waals surface area contributed by atoms with Crippen LogP contribution in [0.15, 0.2) is 60.2 Å². The minimum Gasteiger partial charge on any atom is -1.00 e. The number of fused-ring (bicyclic) bond motifs is 1. The van der Waals surface area contributed by atoms with Gasteiger partial charge in [0.2, 0.25) is 0 Å². The standard InChI is InChI=1S/C25H31IN.HI/c1-25(2)21-14-13-20(23(25)15-21)17-27(3,4)16-18-9-11-19(12-10-18)22-7-5-6-8-24(22)26;/h5-13,21,23H,14-17H2,1-4H3;1H/q+1;/p-1. The molecule has 1 fully saturated rings. The SMILES string of the molecule is CC1(C)C2CC=C(C[N+](C)(C)Cc3ccc(-c4ccccc4I)cc3)C1C2.[I-]. The molecule has 0 spiro atoms. The average molecular weight is 599 g/mol. The molecule has 3 aliphatic rings. The monoisotopic (exact) mass is 599 g/mol. The summed E-state index contributed by atoms with van der Waals surface area (Å²) in [6.45, 7) is 7.21. The maximum absolute atomic E-state index is 2.56. The average Bonchev–Trinajstić information content (AvgIpc) is 2.62. The molecule has 2 aromatic carbocycles. The molecule has 2 bridgehead atoms. The molecule has 28 heavy (non-hydrogen) atoms. The molecule has 2 aromatic rings. The van der Waals surface area contributed by atoms with Crippen molar-refractivity contribution in [2.45, 2.75) is 33.2 Å². The van der Waals surface area contributed by atoms with Crippen LogP contribution in [0.2, 0.25) is 0 Å². The first-order chi connectivity index (χ1) is 12.8. The van der Waals surface area contributed by atoms with E-state index in [1.165, 1.54) is 39.6 Å². The van der Waals surface area contributed by atoms with Crippen LogP contribution in [0.3, 0.4) is 0 Å². The number of allylic oxidation sites excluding steroid dienone is 1. The lowest BCUT2D eigenvalue weighted by Gasteiger charge is -2.57. The molecule has 2 unspecified atom stereocenters. The summed E-state index contributed by atoms with van der Waals surface area (Å²) in [5.74, 6) is 1.74. The van der Waals surface area contributed by atoms with Crippen molar-refractivity contribution in [3.05, 3.63) is 69.3 Å². The van der Waals surface area contributed by atoms with Crippen LogP contribution < -0.4 is 24.0 Å². The third kappa shape index (κ3) is 4.36. The number of quaternary nitrogens is 1. The Morgan fingerprint density at radius 2 is 1.68 bits per heavy atom. The fourth-order valence-corrected chi connectivity index (χ4v) is 5.88. The first kappa shape index (κ1) is 22.3. The van der Waals surface area contributed by atoms with Gasteiger partial charge < -0.3 is 28.5 Å². The summed E-state index contributed by atoms with van der Waals surface area (Å²) in [6, 6.07) is 17.8. The summed E-state index contributed by atoms with van der Waals surface area (Å²) in [4.78, 5) is 0. The predicted octanol–water partition coefficient (Wildman–Crippen LogP) is 3.53. The van der Waals surface area contributed by atoms with Crippen LogP contribution in [0.1, 0.15) is 32.3 Å². The van der Waals surface area contributed by atoms with Crippen molar-refractivity contribution in [2.24, 2.45) is 17.3 Å². The van der Waals surface area contributed by atoms with Gasteiger partial charge in [0, 0.05) is 9.13 Å². The molecule has 3 aliphatic carbocycles. The van der Waals surface area contributed by atoms with Gasteiger partial charge in [-0.05, 0) is 75.4 Å². The largest absolute Gasteiger partial charge is 1.00 e. The Balaban J connectivity index is 0.00000225. The highest BCUT2D eigenvalue weighted by Crippen LogP contribution is 2.59. The number of likely N-dealkylation sites (N-methyl/N-ethyl adjacent to an activating group) is 1. The van der Waals surface area contributed by atoms with Gasteiger partial charge >= 0.3 is 0 Å². The molecule has 0 aliphatic heterocycles. The van der Waals surface area contributed by atoms with Crippen molar-refractivity contribution in [2.75, 3.05) is 20.6 Å². The highest BCUT2D eigenvalue weighted by Gasteiger charge is 2.52. The lowest BCUT2D eigenvalue weighted by atomic mass is 9.49. The van der Waals surface area contributed by atoms with Crippen molar-refractivity contribution in [1.29, 1.82) is 0 Å². The summed E-state index contributed by atoms with van der Waals surface area (Å²) >= 11 is 2.42. The number of rotatable bonds is 5. The Bertz CT molecular complexity index is 864. The first-order valence-electron chi connectivity index (χ1n) is 10.1. The minimum atomic E-state index is 0. The lowest BCUT2D eigenvalue weighted by molar-refractivity contribution is -0.899. The van der Waals surface area contributed by atoms with Gasteiger partial charge in [-0.25, -0.2) is 0 Å².